The third-order valence-electron chi connectivity index (χ3n) is 4.58. The molecular weight excluding hydrogens is 323 g/mol. The summed E-state index contributed by atoms with van der Waals surface area (Å²) in [6.07, 6.45) is 4.63. The summed E-state index contributed by atoms with van der Waals surface area (Å²) in [7, 11) is 1.40. The van der Waals surface area contributed by atoms with Crippen molar-refractivity contribution in [3.8, 4) is 5.75 Å². The highest BCUT2D eigenvalue weighted by atomic mass is 19.1. The van der Waals surface area contributed by atoms with Crippen LogP contribution < -0.4 is 4.74 Å². The lowest BCUT2D eigenvalue weighted by Gasteiger charge is -2.32. The summed E-state index contributed by atoms with van der Waals surface area (Å²) in [5.41, 5.74) is 0.342. The van der Waals surface area contributed by atoms with Gasteiger partial charge in [0.05, 0.1) is 7.11 Å². The average Bonchev–Trinajstić information content (AvgIpc) is 3.10. The molecule has 0 N–H and O–H groups in total. The van der Waals surface area contributed by atoms with Crippen LogP contribution in [0.3, 0.4) is 0 Å². The number of likely N-dealkylation sites (tertiary alicyclic amines) is 1. The van der Waals surface area contributed by atoms with Crippen molar-refractivity contribution in [3.63, 3.8) is 0 Å². The minimum atomic E-state index is -0.524. The van der Waals surface area contributed by atoms with Crippen molar-refractivity contribution in [3.05, 3.63) is 41.7 Å². The Morgan fingerprint density at radius 2 is 2.28 bits per heavy atom. The first-order chi connectivity index (χ1) is 12.1. The summed E-state index contributed by atoms with van der Waals surface area (Å²) in [6.45, 7) is 4.23. The van der Waals surface area contributed by atoms with Gasteiger partial charge in [0.15, 0.2) is 11.6 Å². The van der Waals surface area contributed by atoms with Gasteiger partial charge in [0.25, 0.3) is 5.91 Å². The van der Waals surface area contributed by atoms with Gasteiger partial charge in [-0.25, -0.2) is 4.39 Å². The van der Waals surface area contributed by atoms with Crippen LogP contribution in [0.1, 0.15) is 48.3 Å². The average molecular weight is 346 g/mol. The quantitative estimate of drug-likeness (QED) is 0.835. The van der Waals surface area contributed by atoms with E-state index in [9.17, 15) is 9.18 Å². The predicted octanol–water partition coefficient (Wildman–Crippen LogP) is 2.86. The van der Waals surface area contributed by atoms with Crippen molar-refractivity contribution < 1.29 is 13.9 Å². The lowest BCUT2D eigenvalue weighted by molar-refractivity contribution is 0.0702. The Morgan fingerprint density at radius 1 is 1.44 bits per heavy atom. The number of nitrogens with zero attached hydrogens (tertiary/aromatic N) is 4. The third-order valence-corrected chi connectivity index (χ3v) is 4.58. The number of piperidine rings is 1. The van der Waals surface area contributed by atoms with E-state index in [1.807, 2.05) is 0 Å². The maximum atomic E-state index is 13.9. The number of hydrogen-bond donors (Lipinski definition) is 0. The Morgan fingerprint density at radius 3 is 3.00 bits per heavy atom. The molecule has 1 aromatic heterocycles. The van der Waals surface area contributed by atoms with Crippen LogP contribution in [0.4, 0.5) is 4.39 Å². The molecular formula is C18H23FN4O2. The van der Waals surface area contributed by atoms with Crippen LogP contribution >= 0.6 is 0 Å². The molecule has 0 aliphatic carbocycles. The zero-order chi connectivity index (χ0) is 17.8. The highest BCUT2D eigenvalue weighted by molar-refractivity contribution is 5.94. The number of carbonyl (C=O) groups excluding carboxylic acids is 1. The maximum absolute atomic E-state index is 13.9. The minimum absolute atomic E-state index is 0.140. The second-order valence-electron chi connectivity index (χ2n) is 6.32. The summed E-state index contributed by atoms with van der Waals surface area (Å²) in [6, 6.07) is 4.33. The molecule has 1 fully saturated rings. The van der Waals surface area contributed by atoms with Crippen molar-refractivity contribution in [2.24, 2.45) is 0 Å². The fourth-order valence-corrected chi connectivity index (χ4v) is 3.35. The Kier molecular flexibility index (Phi) is 5.31. The van der Waals surface area contributed by atoms with E-state index in [2.05, 4.69) is 21.7 Å². The van der Waals surface area contributed by atoms with Gasteiger partial charge in [0.1, 0.15) is 12.2 Å². The molecule has 1 aliphatic heterocycles. The highest BCUT2D eigenvalue weighted by Gasteiger charge is 2.28. The summed E-state index contributed by atoms with van der Waals surface area (Å²) in [5.74, 6) is 0.549. The lowest BCUT2D eigenvalue weighted by Crippen LogP contribution is -2.39. The molecule has 0 bridgehead atoms. The molecule has 0 spiro atoms. The van der Waals surface area contributed by atoms with Crippen molar-refractivity contribution in [1.82, 2.24) is 19.7 Å². The molecule has 1 atom stereocenters. The molecule has 0 radical (unpaired) electrons. The van der Waals surface area contributed by atoms with Crippen molar-refractivity contribution in [2.75, 3.05) is 20.2 Å². The Labute approximate surface area is 146 Å². The van der Waals surface area contributed by atoms with Crippen LogP contribution in [-0.2, 0) is 6.54 Å². The van der Waals surface area contributed by atoms with E-state index in [1.54, 1.807) is 17.3 Å². The van der Waals surface area contributed by atoms with Gasteiger partial charge in [-0.15, -0.1) is 10.2 Å². The van der Waals surface area contributed by atoms with Gasteiger partial charge in [-0.2, -0.15) is 0 Å². The molecule has 3 rings (SSSR count). The van der Waals surface area contributed by atoms with Gasteiger partial charge in [0.2, 0.25) is 0 Å². The number of hydrogen-bond acceptors (Lipinski definition) is 4. The first-order valence-electron chi connectivity index (χ1n) is 8.64. The molecule has 0 saturated carbocycles. The summed E-state index contributed by atoms with van der Waals surface area (Å²) in [4.78, 5) is 14.5. The van der Waals surface area contributed by atoms with E-state index in [0.717, 1.165) is 31.6 Å². The monoisotopic (exact) mass is 346 g/mol. The number of amides is 1. The van der Waals surface area contributed by atoms with E-state index < -0.39 is 5.82 Å². The molecule has 6 nitrogen and oxygen atoms in total. The van der Waals surface area contributed by atoms with Crippen LogP contribution in [-0.4, -0.2) is 45.8 Å². The summed E-state index contributed by atoms with van der Waals surface area (Å²) in [5, 5.41) is 8.28. The molecule has 2 heterocycles. The number of halogens is 1. The highest BCUT2D eigenvalue weighted by Crippen LogP contribution is 2.27. The molecule has 0 unspecified atom stereocenters. The number of rotatable bonds is 5. The molecule has 1 aliphatic rings. The number of carbonyl (C=O) groups is 1. The molecule has 2 aromatic rings. The Balaban J connectivity index is 1.75. The standard InChI is InChI=1S/C18H23FN4O2/c1-3-8-23-12-20-21-17(23)14-5-4-9-22(11-14)18(24)13-6-7-16(25-2)15(19)10-13/h6-7,10,12,14H,3-5,8-9,11H2,1-2H3/t14-/m0/s1. The van der Waals surface area contributed by atoms with Crippen molar-refractivity contribution >= 4 is 5.91 Å². The maximum Gasteiger partial charge on any atom is 0.253 e. The number of aryl methyl sites for hydroxylation is 1. The van der Waals surface area contributed by atoms with E-state index in [4.69, 9.17) is 4.74 Å². The van der Waals surface area contributed by atoms with Gasteiger partial charge in [0, 0.05) is 31.1 Å². The van der Waals surface area contributed by atoms with E-state index >= 15 is 0 Å². The Hall–Kier alpha value is -2.44. The molecule has 1 saturated heterocycles. The molecule has 25 heavy (non-hydrogen) atoms. The fraction of sp³-hybridized carbons (Fsp3) is 0.500. The zero-order valence-corrected chi connectivity index (χ0v) is 14.6. The van der Waals surface area contributed by atoms with Crippen molar-refractivity contribution in [1.29, 1.82) is 0 Å². The third kappa shape index (κ3) is 3.65. The van der Waals surface area contributed by atoms with Crippen LogP contribution in [0.15, 0.2) is 24.5 Å². The zero-order valence-electron chi connectivity index (χ0n) is 14.6. The largest absolute Gasteiger partial charge is 0.494 e. The smallest absolute Gasteiger partial charge is 0.253 e. The molecule has 7 heteroatoms. The number of ether oxygens (including phenoxy) is 1. The minimum Gasteiger partial charge on any atom is -0.494 e. The van der Waals surface area contributed by atoms with E-state index in [-0.39, 0.29) is 17.6 Å². The van der Waals surface area contributed by atoms with Gasteiger partial charge < -0.3 is 14.2 Å². The number of methoxy groups -OCH3 is 1. The second-order valence-corrected chi connectivity index (χ2v) is 6.32. The lowest BCUT2D eigenvalue weighted by atomic mass is 9.96. The first-order valence-corrected chi connectivity index (χ1v) is 8.64. The SMILES string of the molecule is CCCn1cnnc1[C@H]1CCCN(C(=O)c2ccc(OC)c(F)c2)C1. The van der Waals surface area contributed by atoms with E-state index in [1.165, 1.54) is 19.2 Å². The van der Waals surface area contributed by atoms with Crippen molar-refractivity contribution in [2.45, 2.75) is 38.6 Å². The van der Waals surface area contributed by atoms with Crippen LogP contribution in [0, 0.1) is 5.82 Å². The number of benzene rings is 1. The van der Waals surface area contributed by atoms with Crippen LogP contribution in [0.2, 0.25) is 0 Å². The molecule has 1 aromatic carbocycles. The molecule has 1 amide bonds. The fourth-order valence-electron chi connectivity index (χ4n) is 3.35. The van der Waals surface area contributed by atoms with Gasteiger partial charge in [-0.1, -0.05) is 6.92 Å². The Bertz CT molecular complexity index is 746. The van der Waals surface area contributed by atoms with Gasteiger partial charge in [-0.05, 0) is 37.5 Å². The summed E-state index contributed by atoms with van der Waals surface area (Å²) >= 11 is 0. The molecule has 134 valence electrons. The predicted molar refractivity (Wildman–Crippen MR) is 91.1 cm³/mol. The van der Waals surface area contributed by atoms with Crippen LogP contribution in [0.25, 0.3) is 0 Å². The topological polar surface area (TPSA) is 60.2 Å². The van der Waals surface area contributed by atoms with Gasteiger partial charge >= 0.3 is 0 Å². The van der Waals surface area contributed by atoms with Crippen LogP contribution in [0.5, 0.6) is 5.75 Å². The van der Waals surface area contributed by atoms with E-state index in [0.29, 0.717) is 18.7 Å². The number of aromatic nitrogens is 3. The second kappa shape index (κ2) is 7.63. The summed E-state index contributed by atoms with van der Waals surface area (Å²) < 4.78 is 20.9. The first kappa shape index (κ1) is 17.4. The normalized spacial score (nSPS) is 17.6. The van der Waals surface area contributed by atoms with Gasteiger partial charge in [-0.3, -0.25) is 4.79 Å².